The van der Waals surface area contributed by atoms with E-state index in [0.29, 0.717) is 21.3 Å². The Balaban J connectivity index is 1.67. The van der Waals surface area contributed by atoms with Crippen molar-refractivity contribution in [1.29, 1.82) is 0 Å². The lowest BCUT2D eigenvalue weighted by molar-refractivity contribution is -0.127. The maximum absolute atomic E-state index is 12.6. The van der Waals surface area contributed by atoms with Crippen LogP contribution in [0.25, 0.3) is 11.1 Å². The van der Waals surface area contributed by atoms with Crippen molar-refractivity contribution >= 4 is 73.1 Å². The first-order valence-electron chi connectivity index (χ1n) is 9.97. The fourth-order valence-electron chi connectivity index (χ4n) is 3.05. The maximum atomic E-state index is 12.6. The number of aryl methyl sites for hydroxylation is 1. The van der Waals surface area contributed by atoms with E-state index in [4.69, 9.17) is 33.3 Å². The molecule has 3 N–H and O–H groups in total. The lowest BCUT2D eigenvalue weighted by atomic mass is 10.0. The molecule has 1 atom stereocenters. The number of rotatable bonds is 6. The molecule has 178 valence electrons. The predicted molar refractivity (Wildman–Crippen MR) is 143 cm³/mol. The number of benzene rings is 2. The second kappa shape index (κ2) is 11.7. The summed E-state index contributed by atoms with van der Waals surface area (Å²) in [6, 6.07) is 14.6. The quantitative estimate of drug-likeness (QED) is 0.195. The molecule has 0 unspecified atom stereocenters. The molecule has 2 aromatic carbocycles. The fraction of sp³-hybridized carbons (Fsp3) is 0.174. The number of halogens is 2. The molecule has 0 aliphatic heterocycles. The zero-order valence-electron chi connectivity index (χ0n) is 18.4. The Morgan fingerprint density at radius 2 is 1.85 bits per heavy atom. The molecule has 0 bridgehead atoms. The van der Waals surface area contributed by atoms with Crippen LogP contribution in [-0.4, -0.2) is 30.2 Å². The third-order valence-electron chi connectivity index (χ3n) is 4.63. The SMILES string of the molecule is COC(=O)c1c(NC(=S)NNC(=O)[C@@H](C)Oc2ccc(Br)cc2Cl)sc(C)c1-c1ccccc1. The lowest BCUT2D eigenvalue weighted by Gasteiger charge is -2.17. The zero-order valence-corrected chi connectivity index (χ0v) is 22.4. The highest BCUT2D eigenvalue weighted by Crippen LogP contribution is 2.40. The van der Waals surface area contributed by atoms with Crippen LogP contribution in [0.15, 0.2) is 53.0 Å². The fourth-order valence-corrected chi connectivity index (χ4v) is 5.06. The summed E-state index contributed by atoms with van der Waals surface area (Å²) < 4.78 is 11.4. The Labute approximate surface area is 219 Å². The highest BCUT2D eigenvalue weighted by Gasteiger charge is 2.25. The summed E-state index contributed by atoms with van der Waals surface area (Å²) in [5, 5.41) is 3.94. The van der Waals surface area contributed by atoms with E-state index in [1.165, 1.54) is 18.4 Å². The van der Waals surface area contributed by atoms with Gasteiger partial charge in [0.25, 0.3) is 5.91 Å². The Morgan fingerprint density at radius 3 is 2.50 bits per heavy atom. The van der Waals surface area contributed by atoms with Crippen molar-refractivity contribution < 1.29 is 19.1 Å². The molecule has 0 fully saturated rings. The van der Waals surface area contributed by atoms with Crippen LogP contribution in [-0.2, 0) is 9.53 Å². The van der Waals surface area contributed by atoms with Crippen LogP contribution in [0.2, 0.25) is 5.02 Å². The molecule has 0 spiro atoms. The van der Waals surface area contributed by atoms with E-state index in [9.17, 15) is 9.59 Å². The smallest absolute Gasteiger partial charge is 0.341 e. The summed E-state index contributed by atoms with van der Waals surface area (Å²) in [4.78, 5) is 25.9. The monoisotopic (exact) mass is 581 g/mol. The summed E-state index contributed by atoms with van der Waals surface area (Å²) in [7, 11) is 1.32. The van der Waals surface area contributed by atoms with E-state index >= 15 is 0 Å². The zero-order chi connectivity index (χ0) is 24.8. The molecule has 1 aromatic heterocycles. The molecule has 0 saturated heterocycles. The van der Waals surface area contributed by atoms with Crippen molar-refractivity contribution in [1.82, 2.24) is 10.9 Å². The van der Waals surface area contributed by atoms with Gasteiger partial charge in [0.15, 0.2) is 11.2 Å². The van der Waals surface area contributed by atoms with E-state index in [1.807, 2.05) is 37.3 Å². The van der Waals surface area contributed by atoms with Crippen LogP contribution < -0.4 is 20.9 Å². The van der Waals surface area contributed by atoms with Gasteiger partial charge in [0.1, 0.15) is 16.3 Å². The Bertz CT molecular complexity index is 1220. The van der Waals surface area contributed by atoms with Gasteiger partial charge in [-0.3, -0.25) is 15.6 Å². The number of nitrogens with one attached hydrogen (secondary N) is 3. The third-order valence-corrected chi connectivity index (χ3v) is 6.64. The van der Waals surface area contributed by atoms with Crippen LogP contribution >= 0.6 is 51.1 Å². The number of hydrogen-bond donors (Lipinski definition) is 3. The van der Waals surface area contributed by atoms with E-state index in [2.05, 4.69) is 32.1 Å². The van der Waals surface area contributed by atoms with Crippen molar-refractivity contribution in [2.45, 2.75) is 20.0 Å². The van der Waals surface area contributed by atoms with E-state index in [-0.39, 0.29) is 5.11 Å². The number of methoxy groups -OCH3 is 1. The summed E-state index contributed by atoms with van der Waals surface area (Å²) >= 11 is 16.1. The van der Waals surface area contributed by atoms with Gasteiger partial charge < -0.3 is 14.8 Å². The second-order valence-corrected chi connectivity index (χ2v) is 9.95. The minimum Gasteiger partial charge on any atom is -0.479 e. The van der Waals surface area contributed by atoms with Crippen molar-refractivity contribution in [2.75, 3.05) is 12.4 Å². The summed E-state index contributed by atoms with van der Waals surface area (Å²) in [6.07, 6.45) is -0.853. The number of thiocarbonyl (C=S) groups is 1. The highest BCUT2D eigenvalue weighted by atomic mass is 79.9. The number of carbonyl (C=O) groups excluding carboxylic acids is 2. The largest absolute Gasteiger partial charge is 0.479 e. The first-order valence-corrected chi connectivity index (χ1v) is 12.4. The van der Waals surface area contributed by atoms with Gasteiger partial charge in [-0.2, -0.15) is 0 Å². The van der Waals surface area contributed by atoms with Crippen molar-refractivity contribution in [3.05, 3.63) is 68.5 Å². The topological polar surface area (TPSA) is 88.7 Å². The maximum Gasteiger partial charge on any atom is 0.341 e. The molecule has 34 heavy (non-hydrogen) atoms. The summed E-state index contributed by atoms with van der Waals surface area (Å²) in [6.45, 7) is 3.49. The number of amides is 1. The van der Waals surface area contributed by atoms with Crippen molar-refractivity contribution in [2.24, 2.45) is 0 Å². The Hall–Kier alpha value is -2.66. The summed E-state index contributed by atoms with van der Waals surface area (Å²) in [5.41, 5.74) is 7.13. The van der Waals surface area contributed by atoms with Gasteiger partial charge >= 0.3 is 5.97 Å². The van der Waals surface area contributed by atoms with E-state index < -0.39 is 18.0 Å². The van der Waals surface area contributed by atoms with Crippen molar-refractivity contribution in [3.63, 3.8) is 0 Å². The molecule has 0 saturated carbocycles. The Morgan fingerprint density at radius 1 is 1.15 bits per heavy atom. The number of hydrazine groups is 1. The van der Waals surface area contributed by atoms with Gasteiger partial charge in [-0.1, -0.05) is 57.9 Å². The molecule has 1 heterocycles. The van der Waals surface area contributed by atoms with Crippen LogP contribution in [0.4, 0.5) is 5.00 Å². The summed E-state index contributed by atoms with van der Waals surface area (Å²) in [5.74, 6) is -0.590. The van der Waals surface area contributed by atoms with Crippen LogP contribution in [0, 0.1) is 6.92 Å². The predicted octanol–water partition coefficient (Wildman–Crippen LogP) is 5.71. The molecular formula is C23H21BrClN3O4S2. The average molecular weight is 583 g/mol. The normalized spacial score (nSPS) is 11.3. The standard InChI is InChI=1S/C23H21BrClN3O4S2/c1-12(32-17-10-9-15(24)11-16(17)25)20(29)27-28-23(33)26-21-19(22(30)31-3)18(13(2)34-21)14-7-5-4-6-8-14/h4-12H,1-3H3,(H,27,29)(H2,26,28,33)/t12-/m1/s1. The van der Waals surface area contributed by atoms with Crippen LogP contribution in [0.3, 0.4) is 0 Å². The van der Waals surface area contributed by atoms with Gasteiger partial charge in [-0.25, -0.2) is 4.79 Å². The molecule has 0 aliphatic rings. The number of carbonyl (C=O) groups is 2. The molecule has 1 amide bonds. The van der Waals surface area contributed by atoms with Gasteiger partial charge in [0.2, 0.25) is 0 Å². The Kier molecular flexibility index (Phi) is 8.90. The highest BCUT2D eigenvalue weighted by molar-refractivity contribution is 9.10. The minimum atomic E-state index is -0.853. The third kappa shape index (κ3) is 6.26. The van der Waals surface area contributed by atoms with Gasteiger partial charge in [0.05, 0.1) is 12.1 Å². The number of hydrogen-bond acceptors (Lipinski definition) is 6. The van der Waals surface area contributed by atoms with Crippen molar-refractivity contribution in [3.8, 4) is 16.9 Å². The molecule has 0 radical (unpaired) electrons. The molecular weight excluding hydrogens is 562 g/mol. The number of anilines is 1. The number of thiophene rings is 1. The first-order chi connectivity index (χ1) is 16.2. The van der Waals surface area contributed by atoms with Gasteiger partial charge in [-0.05, 0) is 49.8 Å². The molecule has 3 aromatic rings. The first kappa shape index (κ1) is 26.0. The molecule has 3 rings (SSSR count). The van der Waals surface area contributed by atoms with E-state index in [0.717, 1.165) is 20.5 Å². The second-order valence-electron chi connectivity index (χ2n) is 7.00. The average Bonchev–Trinajstić information content (AvgIpc) is 3.14. The van der Waals surface area contributed by atoms with Gasteiger partial charge in [0, 0.05) is 14.9 Å². The molecule has 11 heteroatoms. The molecule has 7 nitrogen and oxygen atoms in total. The minimum absolute atomic E-state index is 0.0910. The number of esters is 1. The van der Waals surface area contributed by atoms with Crippen LogP contribution in [0.1, 0.15) is 22.2 Å². The van der Waals surface area contributed by atoms with Crippen LogP contribution in [0.5, 0.6) is 5.75 Å². The van der Waals surface area contributed by atoms with E-state index in [1.54, 1.807) is 25.1 Å². The van der Waals surface area contributed by atoms with Gasteiger partial charge in [-0.15, -0.1) is 11.3 Å². The number of ether oxygens (including phenoxy) is 2. The lowest BCUT2D eigenvalue weighted by Crippen LogP contribution is -2.48. The molecule has 0 aliphatic carbocycles.